The normalized spacial score (nSPS) is 10.3. The molecular weight excluding hydrogens is 403 g/mol. The Bertz CT molecular complexity index is 677. The van der Waals surface area contributed by atoms with E-state index in [9.17, 15) is 9.18 Å². The zero-order valence-corrected chi connectivity index (χ0v) is 14.4. The lowest BCUT2D eigenvalue weighted by atomic mass is 10.1. The van der Waals surface area contributed by atoms with Crippen LogP contribution in [0.4, 0.5) is 15.8 Å². The lowest BCUT2D eigenvalue weighted by Gasteiger charge is -2.13. The van der Waals surface area contributed by atoms with Crippen LogP contribution in [0.25, 0.3) is 0 Å². The number of nitrogens with one attached hydrogen (secondary N) is 2. The highest BCUT2D eigenvalue weighted by Crippen LogP contribution is 2.27. The van der Waals surface area contributed by atoms with Gasteiger partial charge in [-0.05, 0) is 53.2 Å². The van der Waals surface area contributed by atoms with Crippen LogP contribution in [0.2, 0.25) is 0 Å². The van der Waals surface area contributed by atoms with Gasteiger partial charge < -0.3 is 10.6 Å². The van der Waals surface area contributed by atoms with Crippen LogP contribution in [0.5, 0.6) is 0 Å². The molecule has 0 spiro atoms. The number of anilines is 2. The van der Waals surface area contributed by atoms with Crippen LogP contribution in [-0.2, 0) is 0 Å². The Hall–Kier alpha value is -1.40. The van der Waals surface area contributed by atoms with Crippen molar-refractivity contribution in [3.05, 3.63) is 56.7 Å². The second-order valence-electron chi connectivity index (χ2n) is 4.27. The van der Waals surface area contributed by atoms with Gasteiger partial charge in [0.25, 0.3) is 5.91 Å². The third-order valence-electron chi connectivity index (χ3n) is 2.79. The van der Waals surface area contributed by atoms with Gasteiger partial charge in [-0.25, -0.2) is 4.39 Å². The molecule has 0 aliphatic carbocycles. The molecule has 21 heavy (non-hydrogen) atoms. The number of halogens is 3. The van der Waals surface area contributed by atoms with E-state index in [2.05, 4.69) is 42.5 Å². The standard InChI is InChI=1S/C15H13Br2FN2O/c1-2-19-14-10(4-3-5-12(14)18)15(21)20-13-7-6-9(16)8-11(13)17/h3-8,19H,2H2,1H3,(H,20,21). The van der Waals surface area contributed by atoms with Crippen LogP contribution in [0, 0.1) is 5.82 Å². The van der Waals surface area contributed by atoms with Crippen LogP contribution in [0.1, 0.15) is 17.3 Å². The molecule has 0 aliphatic heterocycles. The molecule has 2 aromatic rings. The van der Waals surface area contributed by atoms with Crippen LogP contribution >= 0.6 is 31.9 Å². The number of amides is 1. The molecule has 6 heteroatoms. The van der Waals surface area contributed by atoms with E-state index in [1.807, 2.05) is 19.1 Å². The summed E-state index contributed by atoms with van der Waals surface area (Å²) in [6.07, 6.45) is 0. The van der Waals surface area contributed by atoms with Crippen molar-refractivity contribution in [2.45, 2.75) is 6.92 Å². The number of para-hydroxylation sites is 1. The van der Waals surface area contributed by atoms with E-state index in [0.29, 0.717) is 12.2 Å². The van der Waals surface area contributed by atoms with Gasteiger partial charge in [0.05, 0.1) is 16.9 Å². The Balaban J connectivity index is 2.30. The fourth-order valence-corrected chi connectivity index (χ4v) is 3.00. The second kappa shape index (κ2) is 7.04. The van der Waals surface area contributed by atoms with Crippen molar-refractivity contribution in [2.75, 3.05) is 17.2 Å². The second-order valence-corrected chi connectivity index (χ2v) is 6.04. The van der Waals surface area contributed by atoms with Crippen molar-refractivity contribution in [3.8, 4) is 0 Å². The summed E-state index contributed by atoms with van der Waals surface area (Å²) in [5, 5.41) is 5.65. The van der Waals surface area contributed by atoms with Crippen molar-refractivity contribution < 1.29 is 9.18 Å². The van der Waals surface area contributed by atoms with Gasteiger partial charge in [0.15, 0.2) is 0 Å². The summed E-state index contributed by atoms with van der Waals surface area (Å²) in [5.41, 5.74) is 1.10. The minimum absolute atomic E-state index is 0.214. The van der Waals surface area contributed by atoms with Crippen molar-refractivity contribution in [2.24, 2.45) is 0 Å². The van der Waals surface area contributed by atoms with E-state index in [-0.39, 0.29) is 17.2 Å². The number of hydrogen-bond acceptors (Lipinski definition) is 2. The number of rotatable bonds is 4. The molecule has 0 saturated heterocycles. The van der Waals surface area contributed by atoms with E-state index < -0.39 is 5.82 Å². The summed E-state index contributed by atoms with van der Waals surface area (Å²) in [4.78, 5) is 12.3. The smallest absolute Gasteiger partial charge is 0.257 e. The fourth-order valence-electron chi connectivity index (χ4n) is 1.85. The molecule has 0 aliphatic rings. The average molecular weight is 416 g/mol. The van der Waals surface area contributed by atoms with Crippen molar-refractivity contribution >= 4 is 49.1 Å². The highest BCUT2D eigenvalue weighted by molar-refractivity contribution is 9.11. The molecule has 2 rings (SSSR count). The Kier molecular flexibility index (Phi) is 5.36. The lowest BCUT2D eigenvalue weighted by molar-refractivity contribution is 0.102. The Morgan fingerprint density at radius 2 is 2.00 bits per heavy atom. The van der Waals surface area contributed by atoms with Gasteiger partial charge in [0.1, 0.15) is 5.82 Å². The van der Waals surface area contributed by atoms with E-state index in [0.717, 1.165) is 8.95 Å². The zero-order chi connectivity index (χ0) is 15.4. The number of carbonyl (C=O) groups excluding carboxylic acids is 1. The quantitative estimate of drug-likeness (QED) is 0.734. The van der Waals surface area contributed by atoms with Crippen LogP contribution in [0.15, 0.2) is 45.3 Å². The van der Waals surface area contributed by atoms with Gasteiger partial charge in [-0.2, -0.15) is 0 Å². The minimum atomic E-state index is -0.445. The molecule has 0 radical (unpaired) electrons. The van der Waals surface area contributed by atoms with Crippen LogP contribution in [0.3, 0.4) is 0 Å². The summed E-state index contributed by atoms with van der Waals surface area (Å²) in [6.45, 7) is 2.38. The van der Waals surface area contributed by atoms with E-state index in [4.69, 9.17) is 0 Å². The van der Waals surface area contributed by atoms with Gasteiger partial charge in [-0.15, -0.1) is 0 Å². The average Bonchev–Trinajstić information content (AvgIpc) is 2.44. The Morgan fingerprint density at radius 3 is 2.67 bits per heavy atom. The van der Waals surface area contributed by atoms with E-state index in [1.54, 1.807) is 12.1 Å². The largest absolute Gasteiger partial charge is 0.382 e. The molecular formula is C15H13Br2FN2O. The van der Waals surface area contributed by atoms with Gasteiger partial charge in [-0.3, -0.25) is 4.79 Å². The molecule has 0 atom stereocenters. The molecule has 1 amide bonds. The first-order valence-electron chi connectivity index (χ1n) is 6.31. The maximum absolute atomic E-state index is 13.8. The summed E-state index contributed by atoms with van der Waals surface area (Å²) >= 11 is 6.72. The summed E-state index contributed by atoms with van der Waals surface area (Å²) in [5.74, 6) is -0.812. The molecule has 0 aromatic heterocycles. The van der Waals surface area contributed by atoms with Crippen molar-refractivity contribution in [1.82, 2.24) is 0 Å². The molecule has 2 N–H and O–H groups in total. The highest BCUT2D eigenvalue weighted by Gasteiger charge is 2.15. The van der Waals surface area contributed by atoms with Crippen molar-refractivity contribution in [1.29, 1.82) is 0 Å². The third-order valence-corrected chi connectivity index (χ3v) is 3.94. The minimum Gasteiger partial charge on any atom is -0.382 e. The highest BCUT2D eigenvalue weighted by atomic mass is 79.9. The molecule has 0 saturated carbocycles. The van der Waals surface area contributed by atoms with Crippen LogP contribution in [-0.4, -0.2) is 12.5 Å². The lowest BCUT2D eigenvalue weighted by Crippen LogP contribution is -2.16. The predicted octanol–water partition coefficient (Wildman–Crippen LogP) is 5.03. The predicted molar refractivity (Wildman–Crippen MR) is 90.4 cm³/mol. The number of hydrogen-bond donors (Lipinski definition) is 2. The first-order chi connectivity index (χ1) is 10.0. The summed E-state index contributed by atoms with van der Waals surface area (Å²) in [6, 6.07) is 9.83. The molecule has 0 fully saturated rings. The topological polar surface area (TPSA) is 41.1 Å². The summed E-state index contributed by atoms with van der Waals surface area (Å²) < 4.78 is 15.4. The molecule has 110 valence electrons. The summed E-state index contributed by atoms with van der Waals surface area (Å²) in [7, 11) is 0. The Morgan fingerprint density at radius 1 is 1.24 bits per heavy atom. The molecule has 0 bridgehead atoms. The number of carbonyl (C=O) groups is 1. The van der Waals surface area contributed by atoms with Crippen molar-refractivity contribution in [3.63, 3.8) is 0 Å². The van der Waals surface area contributed by atoms with Gasteiger partial charge >= 0.3 is 0 Å². The number of benzene rings is 2. The monoisotopic (exact) mass is 414 g/mol. The molecule has 3 nitrogen and oxygen atoms in total. The van der Waals surface area contributed by atoms with E-state index in [1.165, 1.54) is 12.1 Å². The molecule has 0 unspecified atom stereocenters. The van der Waals surface area contributed by atoms with Gasteiger partial charge in [-0.1, -0.05) is 22.0 Å². The third kappa shape index (κ3) is 3.83. The van der Waals surface area contributed by atoms with Gasteiger partial charge in [0.2, 0.25) is 0 Å². The van der Waals surface area contributed by atoms with E-state index >= 15 is 0 Å². The zero-order valence-electron chi connectivity index (χ0n) is 11.2. The molecule has 2 aromatic carbocycles. The maximum atomic E-state index is 13.8. The van der Waals surface area contributed by atoms with Crippen LogP contribution < -0.4 is 10.6 Å². The Labute approximate surface area is 139 Å². The fraction of sp³-hybridized carbons (Fsp3) is 0.133. The first-order valence-corrected chi connectivity index (χ1v) is 7.90. The maximum Gasteiger partial charge on any atom is 0.257 e. The molecule has 0 heterocycles. The van der Waals surface area contributed by atoms with Gasteiger partial charge in [0, 0.05) is 15.5 Å². The first kappa shape index (κ1) is 16.0. The SMILES string of the molecule is CCNc1c(F)cccc1C(=O)Nc1ccc(Br)cc1Br.